The summed E-state index contributed by atoms with van der Waals surface area (Å²) >= 11 is 12.7. The maximum atomic E-state index is 12.8. The van der Waals surface area contributed by atoms with Crippen LogP contribution in [0.15, 0.2) is 48.5 Å². The molecule has 1 aliphatic heterocycles. The smallest absolute Gasteiger partial charge is 0.308 e. The van der Waals surface area contributed by atoms with Crippen molar-refractivity contribution in [3.8, 4) is 16.9 Å². The molecule has 8 heteroatoms. The fourth-order valence-electron chi connectivity index (χ4n) is 4.04. The van der Waals surface area contributed by atoms with Gasteiger partial charge < -0.3 is 14.7 Å². The minimum atomic E-state index is -0.872. The summed E-state index contributed by atoms with van der Waals surface area (Å²) in [6.45, 7) is 2.40. The Labute approximate surface area is 195 Å². The summed E-state index contributed by atoms with van der Waals surface area (Å²) in [6.07, 6.45) is 0.486. The van der Waals surface area contributed by atoms with E-state index in [-0.39, 0.29) is 12.5 Å². The van der Waals surface area contributed by atoms with Gasteiger partial charge in [-0.1, -0.05) is 41.4 Å². The molecule has 4 rings (SSSR count). The molecule has 6 nitrogen and oxygen atoms in total. The van der Waals surface area contributed by atoms with Crippen molar-refractivity contribution < 1.29 is 19.4 Å². The van der Waals surface area contributed by atoms with Gasteiger partial charge in [-0.2, -0.15) is 0 Å². The summed E-state index contributed by atoms with van der Waals surface area (Å²) in [7, 11) is 0. The van der Waals surface area contributed by atoms with Gasteiger partial charge in [-0.25, -0.2) is 4.98 Å². The molecule has 1 fully saturated rings. The Morgan fingerprint density at radius 1 is 1.16 bits per heavy atom. The summed E-state index contributed by atoms with van der Waals surface area (Å²) in [5.41, 5.74) is 2.32. The number of carbonyl (C=O) groups is 2. The summed E-state index contributed by atoms with van der Waals surface area (Å²) in [6, 6.07) is 14.7. The van der Waals surface area contributed by atoms with Gasteiger partial charge in [0.1, 0.15) is 10.9 Å². The molecule has 1 N–H and O–H groups in total. The van der Waals surface area contributed by atoms with E-state index in [1.807, 2.05) is 30.3 Å². The molecule has 1 saturated heterocycles. The van der Waals surface area contributed by atoms with Crippen LogP contribution in [0.3, 0.4) is 0 Å². The van der Waals surface area contributed by atoms with E-state index in [2.05, 4.69) is 4.98 Å². The standard InChI is InChI=1S/C24H22Cl2N2O4/c1-14(23(29)28-10-4-5-15(13-28)24(30)31)32-16-8-9-18-19(12-22(26)27-21(18)11-16)17-6-2-3-7-20(17)25/h2-3,6-9,11-12,14-15H,4-5,10,13H2,1H3,(H,30,31)/t14-,15+/m1/s1. The minimum absolute atomic E-state index is 0.206. The number of carbonyl (C=O) groups excluding carboxylic acids is 1. The van der Waals surface area contributed by atoms with Gasteiger partial charge in [-0.15, -0.1) is 0 Å². The summed E-state index contributed by atoms with van der Waals surface area (Å²) < 4.78 is 5.89. The van der Waals surface area contributed by atoms with Gasteiger partial charge in [0, 0.05) is 35.1 Å². The number of aromatic nitrogens is 1. The normalized spacial score (nSPS) is 17.2. The lowest BCUT2D eigenvalue weighted by atomic mass is 9.98. The number of aliphatic carboxylic acids is 1. The molecule has 0 aliphatic carbocycles. The minimum Gasteiger partial charge on any atom is -0.481 e. The maximum Gasteiger partial charge on any atom is 0.308 e. The van der Waals surface area contributed by atoms with Crippen molar-refractivity contribution in [2.45, 2.75) is 25.9 Å². The van der Waals surface area contributed by atoms with Crippen LogP contribution in [0.25, 0.3) is 22.0 Å². The largest absolute Gasteiger partial charge is 0.481 e. The number of piperidine rings is 1. The van der Waals surface area contributed by atoms with E-state index in [1.165, 1.54) is 0 Å². The van der Waals surface area contributed by atoms with E-state index >= 15 is 0 Å². The third-order valence-corrected chi connectivity index (χ3v) is 6.18. The highest BCUT2D eigenvalue weighted by Crippen LogP contribution is 2.35. The second-order valence-electron chi connectivity index (χ2n) is 7.87. The van der Waals surface area contributed by atoms with Crippen molar-refractivity contribution in [1.29, 1.82) is 0 Å². The van der Waals surface area contributed by atoms with Crippen LogP contribution in [-0.4, -0.2) is 46.1 Å². The van der Waals surface area contributed by atoms with E-state index in [1.54, 1.807) is 30.0 Å². The molecule has 2 heterocycles. The van der Waals surface area contributed by atoms with Crippen molar-refractivity contribution in [3.05, 3.63) is 58.7 Å². The lowest BCUT2D eigenvalue weighted by Crippen LogP contribution is -2.47. The van der Waals surface area contributed by atoms with Crippen molar-refractivity contribution in [2.24, 2.45) is 5.92 Å². The monoisotopic (exact) mass is 472 g/mol. The number of ether oxygens (including phenoxy) is 1. The van der Waals surface area contributed by atoms with Crippen molar-refractivity contribution >= 4 is 46.0 Å². The lowest BCUT2D eigenvalue weighted by Gasteiger charge is -2.32. The maximum absolute atomic E-state index is 12.8. The first-order valence-corrected chi connectivity index (χ1v) is 11.1. The van der Waals surface area contributed by atoms with Crippen LogP contribution >= 0.6 is 23.2 Å². The molecule has 2 atom stereocenters. The molecule has 0 saturated carbocycles. The van der Waals surface area contributed by atoms with E-state index in [0.717, 1.165) is 16.5 Å². The fourth-order valence-corrected chi connectivity index (χ4v) is 4.48. The van der Waals surface area contributed by atoms with Gasteiger partial charge in [0.05, 0.1) is 11.4 Å². The topological polar surface area (TPSA) is 79.7 Å². The van der Waals surface area contributed by atoms with Gasteiger partial charge in [-0.3, -0.25) is 9.59 Å². The summed E-state index contributed by atoms with van der Waals surface area (Å²) in [5.74, 6) is -1.16. The number of nitrogens with zero attached hydrogens (tertiary/aromatic N) is 2. The molecule has 32 heavy (non-hydrogen) atoms. The second kappa shape index (κ2) is 9.35. The number of benzene rings is 2. The first-order valence-electron chi connectivity index (χ1n) is 10.4. The Kier molecular flexibility index (Phi) is 6.53. The molecule has 1 amide bonds. The van der Waals surface area contributed by atoms with E-state index in [0.29, 0.717) is 40.8 Å². The molecule has 0 radical (unpaired) electrons. The molecule has 1 aromatic heterocycles. The number of hydrogen-bond donors (Lipinski definition) is 1. The predicted octanol–water partition coefficient (Wildman–Crippen LogP) is 5.30. The highest BCUT2D eigenvalue weighted by molar-refractivity contribution is 6.34. The summed E-state index contributed by atoms with van der Waals surface area (Å²) in [4.78, 5) is 30.1. The molecular weight excluding hydrogens is 451 g/mol. The number of carboxylic acid groups (broad SMARTS) is 1. The lowest BCUT2D eigenvalue weighted by molar-refractivity contribution is -0.147. The molecule has 3 aromatic rings. The Morgan fingerprint density at radius 2 is 1.94 bits per heavy atom. The van der Waals surface area contributed by atoms with Crippen molar-refractivity contribution in [1.82, 2.24) is 9.88 Å². The number of halogens is 2. The van der Waals surface area contributed by atoms with Gasteiger partial charge >= 0.3 is 5.97 Å². The highest BCUT2D eigenvalue weighted by atomic mass is 35.5. The van der Waals surface area contributed by atoms with E-state index in [4.69, 9.17) is 27.9 Å². The highest BCUT2D eigenvalue weighted by Gasteiger charge is 2.31. The zero-order valence-electron chi connectivity index (χ0n) is 17.4. The van der Waals surface area contributed by atoms with Crippen LogP contribution in [0.2, 0.25) is 10.2 Å². The third kappa shape index (κ3) is 4.66. The predicted molar refractivity (Wildman–Crippen MR) is 124 cm³/mol. The number of carboxylic acids is 1. The Bertz CT molecular complexity index is 1180. The van der Waals surface area contributed by atoms with Gasteiger partial charge in [0.25, 0.3) is 5.91 Å². The number of amides is 1. The third-order valence-electron chi connectivity index (χ3n) is 5.66. The first kappa shape index (κ1) is 22.4. The SMILES string of the molecule is C[C@@H](Oc1ccc2c(-c3ccccc3Cl)cc(Cl)nc2c1)C(=O)N1CCC[C@H](C(=O)O)C1. The summed E-state index contributed by atoms with van der Waals surface area (Å²) in [5, 5.41) is 11.0. The van der Waals surface area contributed by atoms with Crippen LogP contribution in [-0.2, 0) is 9.59 Å². The molecule has 0 bridgehead atoms. The molecule has 0 unspecified atom stereocenters. The van der Waals surface area contributed by atoms with E-state index < -0.39 is 18.0 Å². The van der Waals surface area contributed by atoms with Crippen LogP contribution in [0.1, 0.15) is 19.8 Å². The Hall–Kier alpha value is -2.83. The van der Waals surface area contributed by atoms with Crippen LogP contribution in [0, 0.1) is 5.92 Å². The van der Waals surface area contributed by atoms with Gasteiger partial charge in [0.15, 0.2) is 6.10 Å². The number of fused-ring (bicyclic) bond motifs is 1. The molecule has 0 spiro atoms. The molecule has 166 valence electrons. The molecule has 1 aliphatic rings. The molecular formula is C24H22Cl2N2O4. The van der Waals surface area contributed by atoms with E-state index in [9.17, 15) is 14.7 Å². The number of likely N-dealkylation sites (tertiary alicyclic amines) is 1. The quantitative estimate of drug-likeness (QED) is 0.509. The average Bonchev–Trinajstić information content (AvgIpc) is 2.78. The zero-order valence-corrected chi connectivity index (χ0v) is 18.9. The van der Waals surface area contributed by atoms with Crippen molar-refractivity contribution in [2.75, 3.05) is 13.1 Å². The molecule has 2 aromatic carbocycles. The fraction of sp³-hybridized carbons (Fsp3) is 0.292. The van der Waals surface area contributed by atoms with Crippen LogP contribution in [0.4, 0.5) is 0 Å². The number of hydrogen-bond acceptors (Lipinski definition) is 4. The van der Waals surface area contributed by atoms with Gasteiger partial charge in [-0.05, 0) is 49.6 Å². The second-order valence-corrected chi connectivity index (χ2v) is 8.67. The average molecular weight is 473 g/mol. The van der Waals surface area contributed by atoms with Gasteiger partial charge in [0.2, 0.25) is 0 Å². The Balaban J connectivity index is 1.57. The van der Waals surface area contributed by atoms with Crippen LogP contribution < -0.4 is 4.74 Å². The number of pyridine rings is 1. The Morgan fingerprint density at radius 3 is 2.69 bits per heavy atom. The first-order chi connectivity index (χ1) is 15.3. The number of rotatable bonds is 5. The zero-order chi connectivity index (χ0) is 22.8. The van der Waals surface area contributed by atoms with Crippen molar-refractivity contribution in [3.63, 3.8) is 0 Å². The van der Waals surface area contributed by atoms with Crippen LogP contribution in [0.5, 0.6) is 5.75 Å².